The predicted molar refractivity (Wildman–Crippen MR) is 79.9 cm³/mol. The molecule has 0 saturated heterocycles. The van der Waals surface area contributed by atoms with E-state index in [0.717, 1.165) is 0 Å². The number of amides is 1. The maximum Gasteiger partial charge on any atom is 0.238 e. The Labute approximate surface area is 124 Å². The fraction of sp³-hybridized carbons (Fsp3) is 0.500. The van der Waals surface area contributed by atoms with Gasteiger partial charge in [-0.1, -0.05) is 24.6 Å². The van der Waals surface area contributed by atoms with Crippen LogP contribution in [0.1, 0.15) is 6.92 Å². The van der Waals surface area contributed by atoms with Crippen molar-refractivity contribution in [1.29, 1.82) is 0 Å². The van der Waals surface area contributed by atoms with Gasteiger partial charge in [0.05, 0.1) is 19.8 Å². The topological polar surface area (TPSA) is 72.8 Å². The zero-order valence-electron chi connectivity index (χ0n) is 11.8. The number of aliphatic hydroxyl groups is 2. The van der Waals surface area contributed by atoms with E-state index in [-0.39, 0.29) is 25.7 Å². The van der Waals surface area contributed by atoms with Crippen molar-refractivity contribution in [1.82, 2.24) is 4.90 Å². The lowest BCUT2D eigenvalue weighted by Crippen LogP contribution is -2.41. The predicted octanol–water partition coefficient (Wildman–Crippen LogP) is 1.20. The molecule has 0 spiro atoms. The van der Waals surface area contributed by atoms with Crippen LogP contribution < -0.4 is 5.32 Å². The lowest BCUT2D eigenvalue weighted by molar-refractivity contribution is -0.117. The fourth-order valence-electron chi connectivity index (χ4n) is 1.87. The largest absolute Gasteiger partial charge is 0.396 e. The Morgan fingerprint density at radius 1 is 1.40 bits per heavy atom. The lowest BCUT2D eigenvalue weighted by atomic mass is 9.92. The second-order valence-corrected chi connectivity index (χ2v) is 5.79. The Morgan fingerprint density at radius 3 is 2.60 bits per heavy atom. The van der Waals surface area contributed by atoms with Crippen molar-refractivity contribution in [3.05, 3.63) is 29.3 Å². The number of benzene rings is 1. The maximum absolute atomic E-state index is 11.9. The van der Waals surface area contributed by atoms with E-state index in [2.05, 4.69) is 5.32 Å². The van der Waals surface area contributed by atoms with E-state index in [9.17, 15) is 15.0 Å². The molecule has 0 atom stereocenters. The van der Waals surface area contributed by atoms with Crippen molar-refractivity contribution in [3.63, 3.8) is 0 Å². The van der Waals surface area contributed by atoms with Crippen LogP contribution in [0.5, 0.6) is 0 Å². The van der Waals surface area contributed by atoms with Gasteiger partial charge in [-0.15, -0.1) is 0 Å². The zero-order chi connectivity index (χ0) is 15.2. The van der Waals surface area contributed by atoms with Gasteiger partial charge in [0.2, 0.25) is 5.91 Å². The highest BCUT2D eigenvalue weighted by Gasteiger charge is 2.25. The number of carbonyl (C=O) groups is 1. The Bertz CT molecular complexity index is 450. The van der Waals surface area contributed by atoms with Gasteiger partial charge in [-0.05, 0) is 25.2 Å². The first kappa shape index (κ1) is 16.9. The van der Waals surface area contributed by atoms with Gasteiger partial charge in [0, 0.05) is 22.7 Å². The summed E-state index contributed by atoms with van der Waals surface area (Å²) in [5, 5.41) is 21.8. The number of rotatable bonds is 7. The Morgan fingerprint density at radius 2 is 2.05 bits per heavy atom. The third-order valence-electron chi connectivity index (χ3n) is 2.94. The smallest absolute Gasteiger partial charge is 0.238 e. The number of anilines is 1. The summed E-state index contributed by atoms with van der Waals surface area (Å²) in [5.41, 5.74) is 0.0217. The fourth-order valence-corrected chi connectivity index (χ4v) is 2.06. The first-order valence-corrected chi connectivity index (χ1v) is 6.72. The molecule has 0 fully saturated rings. The third kappa shape index (κ3) is 5.46. The molecule has 0 bridgehead atoms. The van der Waals surface area contributed by atoms with Gasteiger partial charge >= 0.3 is 0 Å². The van der Waals surface area contributed by atoms with Crippen LogP contribution in [0.2, 0.25) is 5.02 Å². The van der Waals surface area contributed by atoms with Gasteiger partial charge < -0.3 is 15.5 Å². The summed E-state index contributed by atoms with van der Waals surface area (Å²) in [7, 11) is 1.77. The monoisotopic (exact) mass is 300 g/mol. The van der Waals surface area contributed by atoms with Crippen LogP contribution in [0, 0.1) is 5.41 Å². The highest BCUT2D eigenvalue weighted by Crippen LogP contribution is 2.16. The van der Waals surface area contributed by atoms with Crippen molar-refractivity contribution in [2.24, 2.45) is 5.41 Å². The molecule has 0 saturated carbocycles. The van der Waals surface area contributed by atoms with Gasteiger partial charge in [0.1, 0.15) is 0 Å². The number of hydrogen-bond donors (Lipinski definition) is 3. The van der Waals surface area contributed by atoms with Crippen molar-refractivity contribution in [2.75, 3.05) is 38.7 Å². The molecule has 0 heterocycles. The van der Waals surface area contributed by atoms with Crippen LogP contribution in [0.4, 0.5) is 5.69 Å². The molecule has 5 nitrogen and oxygen atoms in total. The molecule has 1 rings (SSSR count). The molecular formula is C14H21ClN2O3. The number of nitrogens with zero attached hydrogens (tertiary/aromatic N) is 1. The molecule has 1 aromatic carbocycles. The number of nitrogens with one attached hydrogen (secondary N) is 1. The van der Waals surface area contributed by atoms with E-state index in [0.29, 0.717) is 17.3 Å². The second-order valence-electron chi connectivity index (χ2n) is 5.36. The molecule has 0 aliphatic heterocycles. The number of hydrogen-bond acceptors (Lipinski definition) is 4. The van der Waals surface area contributed by atoms with Gasteiger partial charge in [-0.3, -0.25) is 9.69 Å². The second kappa shape index (κ2) is 7.59. The average Bonchev–Trinajstić information content (AvgIpc) is 2.38. The summed E-state index contributed by atoms with van der Waals surface area (Å²) < 4.78 is 0. The van der Waals surface area contributed by atoms with Crippen LogP contribution in [0.15, 0.2) is 24.3 Å². The Kier molecular flexibility index (Phi) is 6.42. The van der Waals surface area contributed by atoms with Crippen LogP contribution in [0.3, 0.4) is 0 Å². The standard InChI is InChI=1S/C14H21ClN2O3/c1-14(9-18,10-19)8-17(2)7-13(20)16-12-5-3-4-11(15)6-12/h3-6,18-19H,7-10H2,1-2H3,(H,16,20). The minimum atomic E-state index is -0.620. The molecular weight excluding hydrogens is 280 g/mol. The molecule has 0 aliphatic rings. The van der Waals surface area contributed by atoms with Crippen molar-refractivity contribution in [2.45, 2.75) is 6.92 Å². The summed E-state index contributed by atoms with van der Waals surface area (Å²) in [6, 6.07) is 6.92. The maximum atomic E-state index is 11.9. The summed E-state index contributed by atoms with van der Waals surface area (Å²) in [4.78, 5) is 13.6. The van der Waals surface area contributed by atoms with E-state index in [1.165, 1.54) is 0 Å². The highest BCUT2D eigenvalue weighted by molar-refractivity contribution is 6.30. The molecule has 1 aromatic rings. The number of halogens is 1. The number of aliphatic hydroxyl groups excluding tert-OH is 2. The van der Waals surface area contributed by atoms with E-state index in [1.54, 1.807) is 43.1 Å². The summed E-state index contributed by atoms with van der Waals surface area (Å²) in [5.74, 6) is -0.173. The minimum Gasteiger partial charge on any atom is -0.396 e. The average molecular weight is 301 g/mol. The lowest BCUT2D eigenvalue weighted by Gasteiger charge is -2.29. The van der Waals surface area contributed by atoms with E-state index >= 15 is 0 Å². The normalized spacial score (nSPS) is 11.7. The van der Waals surface area contributed by atoms with Crippen LogP contribution in [0.25, 0.3) is 0 Å². The molecule has 20 heavy (non-hydrogen) atoms. The van der Waals surface area contributed by atoms with Crippen molar-refractivity contribution < 1.29 is 15.0 Å². The van der Waals surface area contributed by atoms with Gasteiger partial charge in [-0.2, -0.15) is 0 Å². The zero-order valence-corrected chi connectivity index (χ0v) is 12.5. The summed E-state index contributed by atoms with van der Waals surface area (Å²) in [6.45, 7) is 2.08. The van der Waals surface area contributed by atoms with Gasteiger partial charge in [0.15, 0.2) is 0 Å². The van der Waals surface area contributed by atoms with Crippen LogP contribution >= 0.6 is 11.6 Å². The number of carbonyl (C=O) groups excluding carboxylic acids is 1. The molecule has 0 aliphatic carbocycles. The van der Waals surface area contributed by atoms with E-state index < -0.39 is 5.41 Å². The molecule has 0 radical (unpaired) electrons. The molecule has 112 valence electrons. The summed E-state index contributed by atoms with van der Waals surface area (Å²) in [6.07, 6.45) is 0. The SMILES string of the molecule is CN(CC(=O)Nc1cccc(Cl)c1)CC(C)(CO)CO. The minimum absolute atomic E-state index is 0.135. The highest BCUT2D eigenvalue weighted by atomic mass is 35.5. The molecule has 1 amide bonds. The molecule has 3 N–H and O–H groups in total. The first-order valence-electron chi connectivity index (χ1n) is 6.34. The van der Waals surface area contributed by atoms with Crippen molar-refractivity contribution in [3.8, 4) is 0 Å². The third-order valence-corrected chi connectivity index (χ3v) is 3.17. The molecule has 6 heteroatoms. The summed E-state index contributed by atoms with van der Waals surface area (Å²) >= 11 is 5.84. The van der Waals surface area contributed by atoms with E-state index in [4.69, 9.17) is 11.6 Å². The Balaban J connectivity index is 2.50. The molecule has 0 aromatic heterocycles. The van der Waals surface area contributed by atoms with E-state index in [1.807, 2.05) is 0 Å². The van der Waals surface area contributed by atoms with Gasteiger partial charge in [0.25, 0.3) is 0 Å². The van der Waals surface area contributed by atoms with Crippen molar-refractivity contribution >= 4 is 23.2 Å². The van der Waals surface area contributed by atoms with Crippen LogP contribution in [-0.2, 0) is 4.79 Å². The number of likely N-dealkylation sites (N-methyl/N-ethyl adjacent to an activating group) is 1. The Hall–Kier alpha value is -1.14. The molecule has 0 unspecified atom stereocenters. The van der Waals surface area contributed by atoms with Crippen LogP contribution in [-0.4, -0.2) is 54.4 Å². The quantitative estimate of drug-likeness (QED) is 0.707. The van der Waals surface area contributed by atoms with Gasteiger partial charge in [-0.25, -0.2) is 0 Å². The first-order chi connectivity index (χ1) is 9.38.